The number of rotatable bonds is 7. The van der Waals surface area contributed by atoms with Gasteiger partial charge >= 0.3 is 0 Å². The maximum absolute atomic E-state index is 2.67. The van der Waals surface area contributed by atoms with Crippen LogP contribution in [-0.2, 0) is 0 Å². The summed E-state index contributed by atoms with van der Waals surface area (Å²) in [6.07, 6.45) is 1.16. The molecular weight excluding hydrogens is 318 g/mol. The highest BCUT2D eigenvalue weighted by Gasteiger charge is 2.25. The number of piperazine rings is 1. The highest BCUT2D eigenvalue weighted by atomic mass is 15.6. The molecule has 0 saturated carbocycles. The van der Waals surface area contributed by atoms with Gasteiger partial charge in [-0.15, -0.1) is 0 Å². The van der Waals surface area contributed by atoms with Crippen molar-refractivity contribution in [1.82, 2.24) is 14.9 Å². The normalized spacial score (nSPS) is 17.5. The first-order chi connectivity index (χ1) is 12.8. The Bertz CT molecular complexity index is 658. The molecule has 1 saturated heterocycles. The average molecular weight is 352 g/mol. The van der Waals surface area contributed by atoms with Crippen LogP contribution in [0.15, 0.2) is 54.6 Å². The molecule has 3 rings (SSSR count). The summed E-state index contributed by atoms with van der Waals surface area (Å²) >= 11 is 0. The summed E-state index contributed by atoms with van der Waals surface area (Å²) in [4.78, 5) is 2.67. The quantitative estimate of drug-likeness (QED) is 0.717. The first-order valence-corrected chi connectivity index (χ1v) is 10.2. The molecule has 1 fully saturated rings. The van der Waals surface area contributed by atoms with Crippen molar-refractivity contribution >= 4 is 0 Å². The minimum Gasteiger partial charge on any atom is -0.294 e. The summed E-state index contributed by atoms with van der Waals surface area (Å²) in [7, 11) is 0. The largest absolute Gasteiger partial charge is 0.294 e. The molecular formula is C23H33N3. The summed E-state index contributed by atoms with van der Waals surface area (Å²) < 4.78 is 0. The molecule has 1 atom stereocenters. The van der Waals surface area contributed by atoms with E-state index in [0.29, 0.717) is 6.04 Å². The van der Waals surface area contributed by atoms with Crippen molar-refractivity contribution in [2.75, 3.05) is 39.3 Å². The Morgan fingerprint density at radius 2 is 1.46 bits per heavy atom. The molecule has 2 aromatic rings. The molecule has 0 amide bonds. The van der Waals surface area contributed by atoms with Gasteiger partial charge in [0, 0.05) is 45.3 Å². The lowest BCUT2D eigenvalue weighted by Crippen LogP contribution is -2.54. The Morgan fingerprint density at radius 3 is 2.08 bits per heavy atom. The van der Waals surface area contributed by atoms with E-state index in [-0.39, 0.29) is 0 Å². The van der Waals surface area contributed by atoms with E-state index >= 15 is 0 Å². The predicted octanol–water partition coefficient (Wildman–Crippen LogP) is 4.68. The fraction of sp³-hybridized carbons (Fsp3) is 0.478. The minimum atomic E-state index is 0.512. The highest BCUT2D eigenvalue weighted by molar-refractivity contribution is 5.64. The molecule has 0 bridgehead atoms. The van der Waals surface area contributed by atoms with Crippen molar-refractivity contribution in [2.45, 2.75) is 33.2 Å². The summed E-state index contributed by atoms with van der Waals surface area (Å²) in [5.41, 5.74) is 4.07. The Kier molecular flexibility index (Phi) is 6.84. The average Bonchev–Trinajstić information content (AvgIpc) is 2.71. The third-order valence-corrected chi connectivity index (χ3v) is 5.63. The van der Waals surface area contributed by atoms with Gasteiger partial charge in [-0.3, -0.25) is 4.90 Å². The van der Waals surface area contributed by atoms with Crippen LogP contribution in [0, 0.1) is 0 Å². The fourth-order valence-corrected chi connectivity index (χ4v) is 4.19. The lowest BCUT2D eigenvalue weighted by molar-refractivity contribution is -0.0584. The molecule has 140 valence electrons. The van der Waals surface area contributed by atoms with Crippen molar-refractivity contribution in [1.29, 1.82) is 0 Å². The lowest BCUT2D eigenvalue weighted by atomic mass is 9.97. The second-order valence-electron chi connectivity index (χ2n) is 7.04. The number of hydrazine groups is 1. The third-order valence-electron chi connectivity index (χ3n) is 5.63. The van der Waals surface area contributed by atoms with E-state index in [2.05, 4.69) is 90.3 Å². The van der Waals surface area contributed by atoms with Crippen LogP contribution in [0.3, 0.4) is 0 Å². The van der Waals surface area contributed by atoms with Gasteiger partial charge in [0.05, 0.1) is 0 Å². The van der Waals surface area contributed by atoms with Crippen LogP contribution in [0.4, 0.5) is 0 Å². The SMILES string of the molecule is CCC(c1cccc(-c2ccccc2)c1)N1CCN(N(CC)CC)CC1. The Balaban J connectivity index is 1.72. The van der Waals surface area contributed by atoms with Gasteiger partial charge < -0.3 is 0 Å². The van der Waals surface area contributed by atoms with Gasteiger partial charge in [-0.25, -0.2) is 10.0 Å². The first-order valence-electron chi connectivity index (χ1n) is 10.2. The van der Waals surface area contributed by atoms with E-state index in [0.717, 1.165) is 45.7 Å². The van der Waals surface area contributed by atoms with Gasteiger partial charge in [0.2, 0.25) is 0 Å². The van der Waals surface area contributed by atoms with E-state index in [4.69, 9.17) is 0 Å². The summed E-state index contributed by atoms with van der Waals surface area (Å²) in [5.74, 6) is 0. The molecule has 1 heterocycles. The van der Waals surface area contributed by atoms with Gasteiger partial charge in [-0.1, -0.05) is 69.3 Å². The predicted molar refractivity (Wildman–Crippen MR) is 111 cm³/mol. The van der Waals surface area contributed by atoms with Crippen molar-refractivity contribution in [3.05, 3.63) is 60.2 Å². The van der Waals surface area contributed by atoms with Crippen LogP contribution in [0.25, 0.3) is 11.1 Å². The van der Waals surface area contributed by atoms with Crippen LogP contribution < -0.4 is 0 Å². The molecule has 1 aliphatic rings. The number of hydrogen-bond acceptors (Lipinski definition) is 3. The van der Waals surface area contributed by atoms with Crippen LogP contribution in [-0.4, -0.2) is 54.2 Å². The first kappa shape index (κ1) is 19.1. The molecule has 0 spiro atoms. The van der Waals surface area contributed by atoms with Gasteiger partial charge in [0.25, 0.3) is 0 Å². The van der Waals surface area contributed by atoms with Crippen LogP contribution in [0.1, 0.15) is 38.8 Å². The number of hydrogen-bond donors (Lipinski definition) is 0. The molecule has 0 aliphatic carbocycles. The third kappa shape index (κ3) is 4.35. The second kappa shape index (κ2) is 9.31. The van der Waals surface area contributed by atoms with Gasteiger partial charge in [-0.05, 0) is 29.2 Å². The standard InChI is InChI=1S/C23H33N3/c1-4-23(24-15-17-26(18-16-24)25(5-2)6-3)22-14-10-13-21(19-22)20-11-8-7-9-12-20/h7-14,19,23H,4-6,15-18H2,1-3H3. The molecule has 0 N–H and O–H groups in total. The van der Waals surface area contributed by atoms with Crippen molar-refractivity contribution in [2.24, 2.45) is 0 Å². The van der Waals surface area contributed by atoms with Crippen LogP contribution in [0.2, 0.25) is 0 Å². The fourth-order valence-electron chi connectivity index (χ4n) is 4.19. The Hall–Kier alpha value is -1.68. The van der Waals surface area contributed by atoms with E-state index in [1.165, 1.54) is 16.7 Å². The zero-order chi connectivity index (χ0) is 18.4. The highest BCUT2D eigenvalue weighted by Crippen LogP contribution is 2.29. The lowest BCUT2D eigenvalue weighted by Gasteiger charge is -2.43. The van der Waals surface area contributed by atoms with Gasteiger partial charge in [0.15, 0.2) is 0 Å². The maximum atomic E-state index is 2.67. The van der Waals surface area contributed by atoms with E-state index in [1.54, 1.807) is 0 Å². The second-order valence-corrected chi connectivity index (χ2v) is 7.04. The molecule has 3 nitrogen and oxygen atoms in total. The zero-order valence-corrected chi connectivity index (χ0v) is 16.6. The summed E-state index contributed by atoms with van der Waals surface area (Å²) in [6.45, 7) is 13.6. The number of benzene rings is 2. The zero-order valence-electron chi connectivity index (χ0n) is 16.6. The Morgan fingerprint density at radius 1 is 0.808 bits per heavy atom. The summed E-state index contributed by atoms with van der Waals surface area (Å²) in [5, 5.41) is 5.00. The van der Waals surface area contributed by atoms with E-state index < -0.39 is 0 Å². The van der Waals surface area contributed by atoms with Crippen LogP contribution in [0.5, 0.6) is 0 Å². The van der Waals surface area contributed by atoms with Crippen molar-refractivity contribution < 1.29 is 0 Å². The van der Waals surface area contributed by atoms with Crippen molar-refractivity contribution in [3.8, 4) is 11.1 Å². The van der Waals surface area contributed by atoms with E-state index in [9.17, 15) is 0 Å². The maximum Gasteiger partial charge on any atom is 0.0346 e. The minimum absolute atomic E-state index is 0.512. The summed E-state index contributed by atoms with van der Waals surface area (Å²) in [6, 6.07) is 20.4. The number of nitrogens with zero attached hydrogens (tertiary/aromatic N) is 3. The molecule has 1 unspecified atom stereocenters. The molecule has 26 heavy (non-hydrogen) atoms. The monoisotopic (exact) mass is 351 g/mol. The van der Waals surface area contributed by atoms with Gasteiger partial charge in [-0.2, -0.15) is 0 Å². The molecule has 2 aromatic carbocycles. The van der Waals surface area contributed by atoms with E-state index in [1.807, 2.05) is 0 Å². The molecule has 1 aliphatic heterocycles. The molecule has 0 radical (unpaired) electrons. The van der Waals surface area contributed by atoms with Gasteiger partial charge in [0.1, 0.15) is 0 Å². The smallest absolute Gasteiger partial charge is 0.0346 e. The molecule has 3 heteroatoms. The Labute approximate surface area is 159 Å². The van der Waals surface area contributed by atoms with Crippen LogP contribution >= 0.6 is 0 Å². The van der Waals surface area contributed by atoms with Crippen molar-refractivity contribution in [3.63, 3.8) is 0 Å². The molecule has 0 aromatic heterocycles. The topological polar surface area (TPSA) is 9.72 Å².